The number of nitrogens with zero attached hydrogens (tertiary/aromatic N) is 8. The predicted molar refractivity (Wildman–Crippen MR) is 307 cm³/mol. The highest BCUT2D eigenvalue weighted by atomic mass is 35.5. The summed E-state index contributed by atoms with van der Waals surface area (Å²) in [5, 5.41) is 26.1. The number of amides is 2. The van der Waals surface area contributed by atoms with Gasteiger partial charge in [0.15, 0.2) is 22.7 Å². The number of nitriles is 2. The molecule has 3 fully saturated rings. The van der Waals surface area contributed by atoms with Gasteiger partial charge in [0.1, 0.15) is 46.2 Å². The summed E-state index contributed by atoms with van der Waals surface area (Å²) in [5.74, 6) is -0.177. The molecule has 0 atom stereocenters. The Hall–Kier alpha value is -8.31. The van der Waals surface area contributed by atoms with E-state index in [1.165, 1.54) is 34.3 Å². The Balaban J connectivity index is 0.000000155. The van der Waals surface area contributed by atoms with Crippen molar-refractivity contribution in [1.82, 2.24) is 29.7 Å². The zero-order valence-electron chi connectivity index (χ0n) is 46.6. The zero-order chi connectivity index (χ0) is 58.5. The molecular weight excluding hydrogens is 1070 g/mol. The van der Waals surface area contributed by atoms with E-state index in [4.69, 9.17) is 39.2 Å². The number of benzene rings is 2. The minimum atomic E-state index is -0.691. The SMILES string of the molecule is CC1(C)OB(c2cc(F)c(NC3CCOCC3)c(C#N)c2)OC1(C)C.CN(C)C(=O)c1ccc(-c2cc3nccc(-c4cc(F)c(NC5CCOCC5)c(C#N)c4)c3o2)nc1.CN(C)C(=O)c1ccc(-c2cc3nccc(Cl)c3o2)nc1. The summed E-state index contributed by atoms with van der Waals surface area (Å²) in [5.41, 5.74) is 5.92. The Bertz CT molecular complexity index is 3700. The first-order chi connectivity index (χ1) is 39.2. The number of fused-ring (bicyclic) bond motifs is 2. The summed E-state index contributed by atoms with van der Waals surface area (Å²) in [6.07, 6.45) is 9.36. The first kappa shape index (κ1) is 58.4. The van der Waals surface area contributed by atoms with Gasteiger partial charge in [-0.2, -0.15) is 10.5 Å². The predicted octanol–water partition coefficient (Wildman–Crippen LogP) is 10.7. The molecule has 18 nitrogen and oxygen atoms in total. The van der Waals surface area contributed by atoms with Gasteiger partial charge in [-0.1, -0.05) is 11.6 Å². The van der Waals surface area contributed by atoms with E-state index >= 15 is 4.39 Å². The van der Waals surface area contributed by atoms with Crippen molar-refractivity contribution in [2.45, 2.75) is 76.7 Å². The average Bonchev–Trinajstić information content (AvgIpc) is 4.07. The Morgan fingerprint density at radius 2 is 1.10 bits per heavy atom. The standard InChI is InChI=1S/C27H24FN5O3.C18H24BFN2O3.C15H12ClN3O2/c1-33(2)27(34)16-3-4-22(31-15-16)24-13-23-26(36-24)20(5-8-30-23)17-11-18(14-29)25(21(28)12-17)32-19-6-9-35-10-7-19;1-17(2)18(3,4)25-19(24-17)13-9-12(11-21)16(15(20)10-13)22-14-5-7-23-8-6-14;1-19(2)15(20)9-3-4-11(18-8-9)13-7-12-14(21-13)10(16)5-6-17-12/h3-5,8,11-13,15,19,32H,6-7,9-10H2,1-2H3;9-10,14,22H,5-8H2,1-4H3;3-8H,1-2H3. The average molecular weight is 1130 g/mol. The number of carbonyl (C=O) groups excluding carboxylic acids is 2. The molecule has 3 saturated heterocycles. The van der Waals surface area contributed by atoms with E-state index in [1.807, 2.05) is 27.7 Å². The monoisotopic (exact) mass is 1130 g/mol. The van der Waals surface area contributed by atoms with Crippen LogP contribution in [-0.2, 0) is 18.8 Å². The van der Waals surface area contributed by atoms with E-state index in [1.54, 1.807) is 101 Å². The van der Waals surface area contributed by atoms with Gasteiger partial charge in [-0.25, -0.2) is 8.78 Å². The topological polar surface area (TPSA) is 227 Å². The van der Waals surface area contributed by atoms with E-state index in [2.05, 4.69) is 42.7 Å². The second-order valence-electron chi connectivity index (χ2n) is 21.2. The molecule has 3 aliphatic rings. The lowest BCUT2D eigenvalue weighted by Gasteiger charge is -2.32. The highest BCUT2D eigenvalue weighted by Gasteiger charge is 2.52. The van der Waals surface area contributed by atoms with Crippen molar-refractivity contribution in [3.8, 4) is 46.2 Å². The number of anilines is 2. The Morgan fingerprint density at radius 3 is 1.56 bits per heavy atom. The fourth-order valence-electron chi connectivity index (χ4n) is 9.24. The number of hydrogen-bond donors (Lipinski definition) is 2. The van der Waals surface area contributed by atoms with Gasteiger partial charge in [0.25, 0.3) is 11.8 Å². The molecule has 3 aliphatic heterocycles. The second-order valence-corrected chi connectivity index (χ2v) is 21.7. The molecule has 82 heavy (non-hydrogen) atoms. The quantitative estimate of drug-likeness (QED) is 0.121. The lowest BCUT2D eigenvalue weighted by Crippen LogP contribution is -2.41. The van der Waals surface area contributed by atoms with Crippen LogP contribution in [0.25, 0.3) is 56.2 Å². The summed E-state index contributed by atoms with van der Waals surface area (Å²) in [6.45, 7) is 10.3. The third kappa shape index (κ3) is 12.9. The first-order valence-electron chi connectivity index (χ1n) is 26.5. The maximum atomic E-state index is 15.2. The highest BCUT2D eigenvalue weighted by Crippen LogP contribution is 2.39. The van der Waals surface area contributed by atoms with Gasteiger partial charge in [0, 0.05) is 109 Å². The maximum Gasteiger partial charge on any atom is 0.494 e. The number of halogens is 3. The third-order valence-corrected chi connectivity index (χ3v) is 14.8. The number of furan rings is 2. The summed E-state index contributed by atoms with van der Waals surface area (Å²) in [4.78, 5) is 44.1. The smallest absolute Gasteiger partial charge is 0.452 e. The van der Waals surface area contributed by atoms with E-state index < -0.39 is 30.0 Å². The number of hydrogen-bond acceptors (Lipinski definition) is 16. The van der Waals surface area contributed by atoms with Gasteiger partial charge in [0.2, 0.25) is 0 Å². The molecule has 8 aromatic rings. The first-order valence-corrected chi connectivity index (χ1v) is 26.9. The van der Waals surface area contributed by atoms with Crippen molar-refractivity contribution in [3.63, 3.8) is 0 Å². The second kappa shape index (κ2) is 24.8. The van der Waals surface area contributed by atoms with Gasteiger partial charge in [-0.05, 0) is 125 Å². The molecule has 11 rings (SSSR count). The molecular formula is C60H60BClF2N10O8. The van der Waals surface area contributed by atoms with Crippen LogP contribution in [-0.4, -0.2) is 127 Å². The third-order valence-electron chi connectivity index (χ3n) is 14.5. The molecule has 0 radical (unpaired) electrons. The van der Waals surface area contributed by atoms with E-state index in [9.17, 15) is 24.5 Å². The molecule has 0 unspecified atom stereocenters. The summed E-state index contributed by atoms with van der Waals surface area (Å²) in [6, 6.07) is 24.2. The van der Waals surface area contributed by atoms with Crippen LogP contribution < -0.4 is 16.1 Å². The lowest BCUT2D eigenvalue weighted by molar-refractivity contribution is 0.00578. The fourth-order valence-corrected chi connectivity index (χ4v) is 9.43. The van der Waals surface area contributed by atoms with Crippen molar-refractivity contribution < 1.29 is 46.0 Å². The molecule has 0 aliphatic carbocycles. The molecule has 2 N–H and O–H groups in total. The maximum absolute atomic E-state index is 15.2. The van der Waals surface area contributed by atoms with Crippen LogP contribution in [0.1, 0.15) is 85.2 Å². The van der Waals surface area contributed by atoms with Crippen molar-refractivity contribution in [2.75, 3.05) is 65.3 Å². The summed E-state index contributed by atoms with van der Waals surface area (Å²) >= 11 is 6.06. The van der Waals surface area contributed by atoms with Gasteiger partial charge in [0.05, 0.1) is 49.9 Å². The molecule has 2 amide bonds. The Morgan fingerprint density at radius 1 is 0.634 bits per heavy atom. The summed E-state index contributed by atoms with van der Waals surface area (Å²) in [7, 11) is 6.06. The van der Waals surface area contributed by atoms with Crippen LogP contribution in [0.3, 0.4) is 0 Å². The van der Waals surface area contributed by atoms with Gasteiger partial charge < -0.3 is 48.1 Å². The van der Waals surface area contributed by atoms with Crippen LogP contribution in [0.4, 0.5) is 20.2 Å². The number of aromatic nitrogens is 4. The zero-order valence-corrected chi connectivity index (χ0v) is 47.4. The molecule has 2 aromatic carbocycles. The largest absolute Gasteiger partial charge is 0.494 e. The van der Waals surface area contributed by atoms with E-state index in [0.717, 1.165) is 25.7 Å². The highest BCUT2D eigenvalue weighted by molar-refractivity contribution is 6.62. The number of pyridine rings is 4. The number of nitrogens with one attached hydrogen (secondary N) is 2. The molecule has 422 valence electrons. The molecule has 0 spiro atoms. The van der Waals surface area contributed by atoms with Crippen LogP contribution in [0.2, 0.25) is 5.02 Å². The molecule has 0 saturated carbocycles. The number of ether oxygens (including phenoxy) is 2. The van der Waals surface area contributed by atoms with Crippen molar-refractivity contribution in [2.24, 2.45) is 0 Å². The van der Waals surface area contributed by atoms with Crippen LogP contribution in [0.5, 0.6) is 0 Å². The Kier molecular flexibility index (Phi) is 17.7. The lowest BCUT2D eigenvalue weighted by atomic mass is 9.78. The van der Waals surface area contributed by atoms with Crippen LogP contribution >= 0.6 is 11.6 Å². The molecule has 9 heterocycles. The number of rotatable bonds is 10. The van der Waals surface area contributed by atoms with Crippen molar-refractivity contribution in [1.29, 1.82) is 10.5 Å². The van der Waals surface area contributed by atoms with E-state index in [-0.39, 0.29) is 46.4 Å². The summed E-state index contributed by atoms with van der Waals surface area (Å²) < 4.78 is 64.4. The van der Waals surface area contributed by atoms with Crippen molar-refractivity contribution in [3.05, 3.63) is 136 Å². The van der Waals surface area contributed by atoms with E-state index in [0.29, 0.717) is 104 Å². The van der Waals surface area contributed by atoms with Crippen LogP contribution in [0, 0.1) is 34.3 Å². The molecule has 0 bridgehead atoms. The van der Waals surface area contributed by atoms with Gasteiger partial charge in [-0.15, -0.1) is 0 Å². The molecule has 22 heteroatoms. The van der Waals surface area contributed by atoms with Gasteiger partial charge in [-0.3, -0.25) is 29.5 Å². The normalized spacial score (nSPS) is 15.8. The Labute approximate surface area is 478 Å². The number of carbonyl (C=O) groups is 2. The van der Waals surface area contributed by atoms with Crippen molar-refractivity contribution >= 4 is 69.6 Å². The minimum Gasteiger partial charge on any atom is -0.452 e. The minimum absolute atomic E-state index is 0.0540. The van der Waals surface area contributed by atoms with Crippen LogP contribution in [0.15, 0.2) is 106 Å². The fraction of sp³-hybridized carbons (Fsp3) is 0.333. The van der Waals surface area contributed by atoms with Gasteiger partial charge >= 0.3 is 7.12 Å². The molecule has 6 aromatic heterocycles.